The van der Waals surface area contributed by atoms with Gasteiger partial charge in [0.2, 0.25) is 0 Å². The Morgan fingerprint density at radius 2 is 1.71 bits per heavy atom. The van der Waals surface area contributed by atoms with Crippen LogP contribution in [0.3, 0.4) is 0 Å². The zero-order chi connectivity index (χ0) is 20.9. The third kappa shape index (κ3) is 3.65. The molecule has 6 heteroatoms. The Bertz CT molecular complexity index is 997. The predicted molar refractivity (Wildman–Crippen MR) is 114 cm³/mol. The second-order valence-electron chi connectivity index (χ2n) is 9.04. The number of ether oxygens (including phenoxy) is 1. The molecule has 0 amide bonds. The number of imidazole rings is 1. The molecule has 0 aliphatic carbocycles. The van der Waals surface area contributed by atoms with Crippen molar-refractivity contribution in [1.29, 1.82) is 0 Å². The molecule has 3 rings (SSSR count). The molecule has 0 saturated carbocycles. The van der Waals surface area contributed by atoms with E-state index in [9.17, 15) is 9.90 Å². The zero-order valence-electron chi connectivity index (χ0n) is 17.6. The molecule has 0 bridgehead atoms. The number of hydrogen-bond donors (Lipinski definition) is 1. The van der Waals surface area contributed by atoms with Crippen LogP contribution in [0.1, 0.15) is 70.1 Å². The molecule has 150 valence electrons. The lowest BCUT2D eigenvalue weighted by molar-refractivity contribution is 0.0691. The Hall–Kier alpha value is -2.34. The van der Waals surface area contributed by atoms with Crippen LogP contribution >= 0.6 is 11.3 Å². The van der Waals surface area contributed by atoms with Gasteiger partial charge in [0.25, 0.3) is 0 Å². The Morgan fingerprint density at radius 3 is 2.18 bits per heavy atom. The number of hydrogen-bond acceptors (Lipinski definition) is 4. The average molecular weight is 401 g/mol. The van der Waals surface area contributed by atoms with Crippen molar-refractivity contribution >= 4 is 22.3 Å². The first-order chi connectivity index (χ1) is 12.9. The van der Waals surface area contributed by atoms with Crippen LogP contribution in [0.4, 0.5) is 0 Å². The standard InChI is InChI=1S/C22H28N2O3S/c1-8-27-18-14(21(2,3)4)9-13(10-15(18)22(5,6)7)17-12-28-20-23-16(19(25)26)11-24(17)20/h9-12H,8H2,1-7H3,(H,25,26). The molecular weight excluding hydrogens is 372 g/mol. The normalized spacial score (nSPS) is 12.5. The topological polar surface area (TPSA) is 63.8 Å². The van der Waals surface area contributed by atoms with E-state index in [1.807, 2.05) is 16.7 Å². The van der Waals surface area contributed by atoms with Crippen LogP contribution in [0.5, 0.6) is 5.75 Å². The van der Waals surface area contributed by atoms with E-state index in [0.29, 0.717) is 11.6 Å². The minimum Gasteiger partial charge on any atom is -0.493 e. The highest BCUT2D eigenvalue weighted by atomic mass is 32.1. The summed E-state index contributed by atoms with van der Waals surface area (Å²) in [6.07, 6.45) is 1.59. The van der Waals surface area contributed by atoms with Crippen molar-refractivity contribution in [1.82, 2.24) is 9.38 Å². The maximum Gasteiger partial charge on any atom is 0.356 e. The Kier molecular flexibility index (Phi) is 5.04. The van der Waals surface area contributed by atoms with Crippen LogP contribution in [-0.4, -0.2) is 27.1 Å². The molecule has 2 aromatic heterocycles. The largest absolute Gasteiger partial charge is 0.493 e. The summed E-state index contributed by atoms with van der Waals surface area (Å²) in [5.41, 5.74) is 4.14. The van der Waals surface area contributed by atoms with E-state index < -0.39 is 5.97 Å². The summed E-state index contributed by atoms with van der Waals surface area (Å²) in [5.74, 6) is -0.0612. The van der Waals surface area contributed by atoms with E-state index >= 15 is 0 Å². The monoisotopic (exact) mass is 400 g/mol. The van der Waals surface area contributed by atoms with Gasteiger partial charge in [0, 0.05) is 28.3 Å². The van der Waals surface area contributed by atoms with Crippen LogP contribution in [0.25, 0.3) is 16.2 Å². The highest BCUT2D eigenvalue weighted by Gasteiger charge is 2.28. The lowest BCUT2D eigenvalue weighted by atomic mass is 9.78. The Labute approximate surface area is 170 Å². The number of benzene rings is 1. The molecule has 0 fully saturated rings. The number of aromatic nitrogens is 2. The van der Waals surface area contributed by atoms with Crippen molar-refractivity contribution in [3.63, 3.8) is 0 Å². The second kappa shape index (κ2) is 6.92. The Morgan fingerprint density at radius 1 is 1.14 bits per heavy atom. The fourth-order valence-electron chi connectivity index (χ4n) is 3.29. The zero-order valence-corrected chi connectivity index (χ0v) is 18.4. The smallest absolute Gasteiger partial charge is 0.356 e. The number of carboxylic acids is 1. The molecule has 1 N–H and O–H groups in total. The lowest BCUT2D eigenvalue weighted by Crippen LogP contribution is -2.20. The van der Waals surface area contributed by atoms with Gasteiger partial charge in [-0.05, 0) is 29.9 Å². The third-order valence-electron chi connectivity index (χ3n) is 4.72. The van der Waals surface area contributed by atoms with E-state index in [4.69, 9.17) is 4.74 Å². The van der Waals surface area contributed by atoms with Crippen molar-refractivity contribution in [2.24, 2.45) is 0 Å². The molecule has 0 unspecified atom stereocenters. The van der Waals surface area contributed by atoms with Crippen LogP contribution in [-0.2, 0) is 10.8 Å². The maximum atomic E-state index is 11.3. The molecule has 0 atom stereocenters. The van der Waals surface area contributed by atoms with Gasteiger partial charge in [-0.1, -0.05) is 41.5 Å². The molecule has 0 spiro atoms. The first-order valence-corrected chi connectivity index (χ1v) is 10.3. The molecule has 0 aliphatic rings. The number of fused-ring (bicyclic) bond motifs is 1. The third-order valence-corrected chi connectivity index (χ3v) is 5.56. The molecule has 2 heterocycles. The second-order valence-corrected chi connectivity index (χ2v) is 9.87. The van der Waals surface area contributed by atoms with E-state index in [0.717, 1.165) is 28.1 Å². The van der Waals surface area contributed by atoms with E-state index in [2.05, 4.69) is 58.7 Å². The van der Waals surface area contributed by atoms with Crippen molar-refractivity contribution in [3.8, 4) is 17.0 Å². The van der Waals surface area contributed by atoms with Gasteiger partial charge < -0.3 is 9.84 Å². The quantitative estimate of drug-likeness (QED) is 0.605. The van der Waals surface area contributed by atoms with Crippen molar-refractivity contribution in [2.45, 2.75) is 59.3 Å². The summed E-state index contributed by atoms with van der Waals surface area (Å²) in [6.45, 7) is 15.7. The highest BCUT2D eigenvalue weighted by molar-refractivity contribution is 7.15. The van der Waals surface area contributed by atoms with E-state index in [1.165, 1.54) is 11.3 Å². The maximum absolute atomic E-state index is 11.3. The molecule has 3 aromatic rings. The summed E-state index contributed by atoms with van der Waals surface area (Å²) in [4.78, 5) is 16.2. The molecule has 5 nitrogen and oxygen atoms in total. The van der Waals surface area contributed by atoms with Gasteiger partial charge in [0.15, 0.2) is 10.7 Å². The van der Waals surface area contributed by atoms with Crippen molar-refractivity contribution < 1.29 is 14.6 Å². The molecule has 28 heavy (non-hydrogen) atoms. The molecule has 0 radical (unpaired) electrons. The van der Waals surface area contributed by atoms with Gasteiger partial charge in [-0.2, -0.15) is 0 Å². The fraction of sp³-hybridized carbons (Fsp3) is 0.455. The fourth-order valence-corrected chi connectivity index (χ4v) is 4.17. The van der Waals surface area contributed by atoms with Gasteiger partial charge in [0.05, 0.1) is 12.3 Å². The highest BCUT2D eigenvalue weighted by Crippen LogP contribution is 2.43. The van der Waals surface area contributed by atoms with Crippen LogP contribution in [0, 0.1) is 0 Å². The number of thiazole rings is 1. The molecular formula is C22H28N2O3S. The summed E-state index contributed by atoms with van der Waals surface area (Å²) >= 11 is 1.45. The Balaban J connectivity index is 2.31. The van der Waals surface area contributed by atoms with Crippen LogP contribution in [0.2, 0.25) is 0 Å². The summed E-state index contributed by atoms with van der Waals surface area (Å²) in [7, 11) is 0. The first-order valence-electron chi connectivity index (χ1n) is 9.45. The van der Waals surface area contributed by atoms with Gasteiger partial charge >= 0.3 is 5.97 Å². The van der Waals surface area contributed by atoms with E-state index in [-0.39, 0.29) is 16.5 Å². The number of nitrogens with zero attached hydrogens (tertiary/aromatic N) is 2. The number of carboxylic acid groups (broad SMARTS) is 1. The van der Waals surface area contributed by atoms with Crippen molar-refractivity contribution in [2.75, 3.05) is 6.61 Å². The van der Waals surface area contributed by atoms with E-state index in [1.54, 1.807) is 6.20 Å². The summed E-state index contributed by atoms with van der Waals surface area (Å²) in [6, 6.07) is 4.34. The average Bonchev–Trinajstić information content (AvgIpc) is 3.13. The lowest BCUT2D eigenvalue weighted by Gasteiger charge is -2.30. The molecule has 0 saturated heterocycles. The summed E-state index contributed by atoms with van der Waals surface area (Å²) in [5, 5.41) is 11.3. The molecule has 0 aliphatic heterocycles. The number of aromatic carboxylic acids is 1. The first kappa shape index (κ1) is 20.4. The van der Waals surface area contributed by atoms with Gasteiger partial charge in [-0.3, -0.25) is 4.40 Å². The van der Waals surface area contributed by atoms with Gasteiger partial charge in [-0.15, -0.1) is 11.3 Å². The van der Waals surface area contributed by atoms with Crippen LogP contribution < -0.4 is 4.74 Å². The molecule has 1 aromatic carbocycles. The minimum atomic E-state index is -1.01. The number of carbonyl (C=O) groups is 1. The van der Waals surface area contributed by atoms with Gasteiger partial charge in [-0.25, -0.2) is 9.78 Å². The number of rotatable bonds is 4. The van der Waals surface area contributed by atoms with Gasteiger partial charge in [0.1, 0.15) is 5.75 Å². The SMILES string of the molecule is CCOc1c(C(C)(C)C)cc(-c2csc3nc(C(=O)O)cn23)cc1C(C)(C)C. The van der Waals surface area contributed by atoms with Crippen LogP contribution in [0.15, 0.2) is 23.7 Å². The predicted octanol–water partition coefficient (Wildman–Crippen LogP) is 5.75. The summed E-state index contributed by atoms with van der Waals surface area (Å²) < 4.78 is 7.99. The van der Waals surface area contributed by atoms with Crippen molar-refractivity contribution in [3.05, 3.63) is 40.5 Å². The minimum absolute atomic E-state index is 0.0612.